The quantitative estimate of drug-likeness (QED) is 0.737. The number of aliphatic hydroxyl groups is 1. The SMILES string of the molecule is O=C(NC[C@@]1(O)CCCNC1)C12CC3CC(CC(C3)C1)C2. The minimum atomic E-state index is -0.740. The summed E-state index contributed by atoms with van der Waals surface area (Å²) in [6, 6.07) is 0. The molecule has 0 radical (unpaired) electrons. The van der Waals surface area contributed by atoms with Crippen LogP contribution in [0.3, 0.4) is 0 Å². The van der Waals surface area contributed by atoms with E-state index in [1.165, 1.54) is 19.3 Å². The van der Waals surface area contributed by atoms with Crippen molar-refractivity contribution >= 4 is 5.91 Å². The van der Waals surface area contributed by atoms with Crippen molar-refractivity contribution in [3.8, 4) is 0 Å². The van der Waals surface area contributed by atoms with Crippen molar-refractivity contribution in [2.75, 3.05) is 19.6 Å². The number of β-amino-alcohol motifs (C(OH)–C–C–N with tert-alkyl or cyclic N) is 1. The molecule has 4 heteroatoms. The van der Waals surface area contributed by atoms with E-state index in [1.807, 2.05) is 0 Å². The van der Waals surface area contributed by atoms with E-state index in [4.69, 9.17) is 0 Å². The monoisotopic (exact) mass is 292 g/mol. The van der Waals surface area contributed by atoms with E-state index >= 15 is 0 Å². The Morgan fingerprint density at radius 1 is 1.14 bits per heavy atom. The zero-order valence-electron chi connectivity index (χ0n) is 12.9. The van der Waals surface area contributed by atoms with E-state index in [-0.39, 0.29) is 11.3 Å². The first-order valence-corrected chi connectivity index (χ1v) is 8.78. The maximum absolute atomic E-state index is 12.8. The first-order chi connectivity index (χ1) is 10.1. The molecule has 4 nitrogen and oxygen atoms in total. The lowest BCUT2D eigenvalue weighted by atomic mass is 9.49. The van der Waals surface area contributed by atoms with Gasteiger partial charge in [-0.2, -0.15) is 0 Å². The van der Waals surface area contributed by atoms with Gasteiger partial charge in [0, 0.05) is 18.5 Å². The first-order valence-electron chi connectivity index (χ1n) is 8.78. The van der Waals surface area contributed by atoms with Crippen LogP contribution >= 0.6 is 0 Å². The molecule has 1 atom stereocenters. The van der Waals surface area contributed by atoms with E-state index in [0.717, 1.165) is 56.4 Å². The van der Waals surface area contributed by atoms with Crippen LogP contribution in [0.4, 0.5) is 0 Å². The van der Waals surface area contributed by atoms with Gasteiger partial charge in [-0.3, -0.25) is 4.79 Å². The molecule has 1 aliphatic heterocycles. The average Bonchev–Trinajstić information content (AvgIpc) is 2.44. The molecule has 4 aliphatic carbocycles. The van der Waals surface area contributed by atoms with E-state index in [9.17, 15) is 9.90 Å². The zero-order valence-corrected chi connectivity index (χ0v) is 12.9. The second-order valence-electron chi connectivity index (χ2n) is 8.39. The van der Waals surface area contributed by atoms with Crippen LogP contribution in [0.15, 0.2) is 0 Å². The molecule has 0 aromatic carbocycles. The summed E-state index contributed by atoms with van der Waals surface area (Å²) >= 11 is 0. The highest BCUT2D eigenvalue weighted by Gasteiger charge is 2.54. The molecule has 5 fully saturated rings. The summed E-state index contributed by atoms with van der Waals surface area (Å²) < 4.78 is 0. The highest BCUT2D eigenvalue weighted by molar-refractivity contribution is 5.83. The van der Waals surface area contributed by atoms with Gasteiger partial charge in [-0.25, -0.2) is 0 Å². The molecule has 0 aromatic heterocycles. The van der Waals surface area contributed by atoms with Gasteiger partial charge in [-0.15, -0.1) is 0 Å². The standard InChI is InChI=1S/C17H28N2O2/c20-15(19-11-17(21)2-1-3-18-10-17)16-7-12-4-13(8-16)6-14(5-12)9-16/h12-14,18,21H,1-11H2,(H,19,20)/t12?,13?,14?,16?,17-/m1/s1. The Kier molecular flexibility index (Phi) is 3.30. The largest absolute Gasteiger partial charge is 0.387 e. The fourth-order valence-electron chi connectivity index (χ4n) is 5.92. The molecule has 0 unspecified atom stereocenters. The van der Waals surface area contributed by atoms with Crippen molar-refractivity contribution in [3.63, 3.8) is 0 Å². The number of carbonyl (C=O) groups excluding carboxylic acids is 1. The molecule has 0 aromatic rings. The molecule has 3 N–H and O–H groups in total. The van der Waals surface area contributed by atoms with Crippen LogP contribution in [-0.4, -0.2) is 36.2 Å². The van der Waals surface area contributed by atoms with Crippen LogP contribution in [0.5, 0.6) is 0 Å². The van der Waals surface area contributed by atoms with Gasteiger partial charge in [0.25, 0.3) is 0 Å². The lowest BCUT2D eigenvalue weighted by molar-refractivity contribution is -0.147. The summed E-state index contributed by atoms with van der Waals surface area (Å²) in [7, 11) is 0. The lowest BCUT2D eigenvalue weighted by Crippen LogP contribution is -2.58. The number of hydrogen-bond acceptors (Lipinski definition) is 3. The van der Waals surface area contributed by atoms with Crippen LogP contribution in [0.1, 0.15) is 51.4 Å². The van der Waals surface area contributed by atoms with Gasteiger partial charge in [-0.05, 0) is 75.7 Å². The second-order valence-corrected chi connectivity index (χ2v) is 8.39. The highest BCUT2D eigenvalue weighted by Crippen LogP contribution is 2.60. The smallest absolute Gasteiger partial charge is 0.226 e. The van der Waals surface area contributed by atoms with Crippen molar-refractivity contribution in [3.05, 3.63) is 0 Å². The van der Waals surface area contributed by atoms with Gasteiger partial charge in [-0.1, -0.05) is 0 Å². The molecule has 1 amide bonds. The molecule has 4 bridgehead atoms. The summed E-state index contributed by atoms with van der Waals surface area (Å²) in [5, 5.41) is 16.9. The number of rotatable bonds is 3. The Morgan fingerprint density at radius 2 is 1.76 bits per heavy atom. The average molecular weight is 292 g/mol. The minimum absolute atomic E-state index is 0.0901. The van der Waals surface area contributed by atoms with Gasteiger partial charge in [0.05, 0.1) is 5.60 Å². The van der Waals surface area contributed by atoms with Crippen LogP contribution in [0.2, 0.25) is 0 Å². The summed E-state index contributed by atoms with van der Waals surface area (Å²) in [5.41, 5.74) is -0.830. The van der Waals surface area contributed by atoms with Crippen LogP contribution in [0, 0.1) is 23.2 Å². The van der Waals surface area contributed by atoms with Crippen molar-refractivity contribution in [2.24, 2.45) is 23.2 Å². The molecular weight excluding hydrogens is 264 g/mol. The Labute approximate surface area is 127 Å². The number of carbonyl (C=O) groups is 1. The summed E-state index contributed by atoms with van der Waals surface area (Å²) in [6.07, 6.45) is 9.16. The molecule has 118 valence electrons. The zero-order chi connectivity index (χ0) is 14.5. The molecule has 1 saturated heterocycles. The van der Waals surface area contributed by atoms with E-state index in [1.54, 1.807) is 0 Å². The summed E-state index contributed by atoms with van der Waals surface area (Å²) in [4.78, 5) is 12.8. The van der Waals surface area contributed by atoms with E-state index < -0.39 is 5.60 Å². The van der Waals surface area contributed by atoms with Crippen molar-refractivity contribution in [1.29, 1.82) is 0 Å². The van der Waals surface area contributed by atoms with E-state index in [0.29, 0.717) is 13.1 Å². The first kappa shape index (κ1) is 14.0. The van der Waals surface area contributed by atoms with Crippen LogP contribution in [0.25, 0.3) is 0 Å². The second kappa shape index (κ2) is 4.95. The fourth-order valence-corrected chi connectivity index (χ4v) is 5.92. The molecule has 5 rings (SSSR count). The highest BCUT2D eigenvalue weighted by atomic mass is 16.3. The lowest BCUT2D eigenvalue weighted by Gasteiger charge is -2.55. The van der Waals surface area contributed by atoms with Crippen molar-refractivity contribution in [1.82, 2.24) is 10.6 Å². The molecule has 5 aliphatic rings. The molecular formula is C17H28N2O2. The van der Waals surface area contributed by atoms with Gasteiger partial charge < -0.3 is 15.7 Å². The topological polar surface area (TPSA) is 61.4 Å². The molecule has 0 spiro atoms. The van der Waals surface area contributed by atoms with Gasteiger partial charge in [0.1, 0.15) is 0 Å². The van der Waals surface area contributed by atoms with E-state index in [2.05, 4.69) is 10.6 Å². The molecule has 1 heterocycles. The predicted molar refractivity (Wildman–Crippen MR) is 80.7 cm³/mol. The maximum Gasteiger partial charge on any atom is 0.226 e. The van der Waals surface area contributed by atoms with Gasteiger partial charge in [0.2, 0.25) is 5.91 Å². The summed E-state index contributed by atoms with van der Waals surface area (Å²) in [5.74, 6) is 2.62. The van der Waals surface area contributed by atoms with Crippen LogP contribution < -0.4 is 10.6 Å². The Morgan fingerprint density at radius 3 is 2.29 bits per heavy atom. The van der Waals surface area contributed by atoms with Crippen molar-refractivity contribution in [2.45, 2.75) is 57.0 Å². The number of hydrogen-bond donors (Lipinski definition) is 3. The van der Waals surface area contributed by atoms with Crippen molar-refractivity contribution < 1.29 is 9.90 Å². The minimum Gasteiger partial charge on any atom is -0.387 e. The predicted octanol–water partition coefficient (Wildman–Crippen LogP) is 1.43. The fraction of sp³-hybridized carbons (Fsp3) is 0.941. The van der Waals surface area contributed by atoms with Gasteiger partial charge >= 0.3 is 0 Å². The Balaban J connectivity index is 1.41. The number of nitrogens with one attached hydrogen (secondary N) is 2. The number of piperidine rings is 1. The molecule has 4 saturated carbocycles. The third kappa shape index (κ3) is 2.50. The maximum atomic E-state index is 12.8. The molecule has 21 heavy (non-hydrogen) atoms. The third-order valence-corrected chi connectivity index (χ3v) is 6.55. The van der Waals surface area contributed by atoms with Crippen LogP contribution in [-0.2, 0) is 4.79 Å². The number of amides is 1. The normalized spacial score (nSPS) is 48.3. The summed E-state index contributed by atoms with van der Waals surface area (Å²) in [6.45, 7) is 2.00. The Hall–Kier alpha value is -0.610. The Bertz CT molecular complexity index is 393. The van der Waals surface area contributed by atoms with Gasteiger partial charge in [0.15, 0.2) is 0 Å². The third-order valence-electron chi connectivity index (χ3n) is 6.55.